The van der Waals surface area contributed by atoms with E-state index in [1.807, 2.05) is 42.5 Å². The third-order valence-corrected chi connectivity index (χ3v) is 5.52. The van der Waals surface area contributed by atoms with Crippen LogP contribution in [0.5, 0.6) is 11.5 Å². The molecule has 0 saturated carbocycles. The number of carbonyl (C=O) groups excluding carboxylic acids is 2. The molecule has 1 aliphatic heterocycles. The molecule has 0 radical (unpaired) electrons. The first-order valence-electron chi connectivity index (χ1n) is 11.7. The molecule has 0 atom stereocenters. The standard InChI is InChI=1S/C27H30N4O4/c32-26(28-14-5-15-31-16-18-34-19-17-31)21-10-12-22(13-11-21)29-27(33)30-23-6-4-9-25(20-23)35-24-7-2-1-3-8-24/h1-4,6-13,20H,5,14-19H2,(H,28,32)(H2,29,30,33). The van der Waals surface area contributed by atoms with Gasteiger partial charge >= 0.3 is 6.03 Å². The SMILES string of the molecule is O=C(Nc1ccc(C(=O)NCCCN2CCOCC2)cc1)Nc1cccc(Oc2ccccc2)c1. The van der Waals surface area contributed by atoms with Crippen LogP contribution in [0.1, 0.15) is 16.8 Å². The van der Waals surface area contributed by atoms with Crippen LogP contribution in [0, 0.1) is 0 Å². The van der Waals surface area contributed by atoms with Gasteiger partial charge in [-0.1, -0.05) is 24.3 Å². The number of morpholine rings is 1. The maximum absolute atomic E-state index is 12.4. The van der Waals surface area contributed by atoms with Gasteiger partial charge in [0.1, 0.15) is 11.5 Å². The molecule has 0 aromatic heterocycles. The van der Waals surface area contributed by atoms with E-state index < -0.39 is 0 Å². The number of hydrogen-bond donors (Lipinski definition) is 3. The predicted molar refractivity (Wildman–Crippen MR) is 136 cm³/mol. The average Bonchev–Trinajstić information content (AvgIpc) is 2.88. The van der Waals surface area contributed by atoms with Crippen molar-refractivity contribution in [3.63, 3.8) is 0 Å². The molecule has 4 rings (SSSR count). The van der Waals surface area contributed by atoms with Crippen LogP contribution in [0.15, 0.2) is 78.9 Å². The molecule has 0 spiro atoms. The third kappa shape index (κ3) is 7.84. The molecule has 3 aromatic rings. The fourth-order valence-electron chi connectivity index (χ4n) is 3.69. The summed E-state index contributed by atoms with van der Waals surface area (Å²) < 4.78 is 11.1. The molecule has 0 unspecified atom stereocenters. The van der Waals surface area contributed by atoms with E-state index >= 15 is 0 Å². The van der Waals surface area contributed by atoms with Crippen LogP contribution in [-0.4, -0.2) is 56.2 Å². The lowest BCUT2D eigenvalue weighted by molar-refractivity contribution is 0.0374. The Bertz CT molecular complexity index is 1100. The lowest BCUT2D eigenvalue weighted by Gasteiger charge is -2.26. The highest BCUT2D eigenvalue weighted by molar-refractivity contribution is 6.00. The van der Waals surface area contributed by atoms with Gasteiger partial charge in [-0.05, 0) is 61.5 Å². The first kappa shape index (κ1) is 24.3. The molecule has 1 saturated heterocycles. The molecule has 3 aromatic carbocycles. The molecular formula is C27H30N4O4. The Hall–Kier alpha value is -3.88. The summed E-state index contributed by atoms with van der Waals surface area (Å²) in [5.41, 5.74) is 1.74. The van der Waals surface area contributed by atoms with Crippen LogP contribution < -0.4 is 20.7 Å². The van der Waals surface area contributed by atoms with E-state index in [1.165, 1.54) is 0 Å². The molecule has 35 heavy (non-hydrogen) atoms. The van der Waals surface area contributed by atoms with Crippen molar-refractivity contribution < 1.29 is 19.1 Å². The zero-order valence-corrected chi connectivity index (χ0v) is 19.5. The monoisotopic (exact) mass is 474 g/mol. The maximum Gasteiger partial charge on any atom is 0.323 e. The van der Waals surface area contributed by atoms with E-state index in [4.69, 9.17) is 9.47 Å². The topological polar surface area (TPSA) is 91.9 Å². The van der Waals surface area contributed by atoms with Crippen LogP contribution in [0.25, 0.3) is 0 Å². The molecule has 8 heteroatoms. The van der Waals surface area contributed by atoms with Crippen molar-refractivity contribution in [3.8, 4) is 11.5 Å². The van der Waals surface area contributed by atoms with Crippen LogP contribution in [0.2, 0.25) is 0 Å². The molecule has 0 aliphatic carbocycles. The van der Waals surface area contributed by atoms with Crippen LogP contribution >= 0.6 is 0 Å². The van der Waals surface area contributed by atoms with Crippen LogP contribution in [-0.2, 0) is 4.74 Å². The first-order valence-corrected chi connectivity index (χ1v) is 11.7. The molecule has 0 bridgehead atoms. The second kappa shape index (κ2) is 12.5. The van der Waals surface area contributed by atoms with Gasteiger partial charge in [-0.25, -0.2) is 4.79 Å². The minimum atomic E-state index is -0.387. The number of nitrogens with one attached hydrogen (secondary N) is 3. The van der Waals surface area contributed by atoms with Crippen molar-refractivity contribution in [1.29, 1.82) is 0 Å². The molecule has 1 aliphatic rings. The lowest BCUT2D eigenvalue weighted by atomic mass is 10.2. The van der Waals surface area contributed by atoms with Crippen molar-refractivity contribution in [2.24, 2.45) is 0 Å². The molecular weight excluding hydrogens is 444 g/mol. The summed E-state index contributed by atoms with van der Waals surface area (Å²) in [6.07, 6.45) is 0.892. The van der Waals surface area contributed by atoms with Gasteiger partial charge in [0.05, 0.1) is 13.2 Å². The van der Waals surface area contributed by atoms with Crippen molar-refractivity contribution in [1.82, 2.24) is 10.2 Å². The number of hydrogen-bond acceptors (Lipinski definition) is 5. The summed E-state index contributed by atoms with van der Waals surface area (Å²) in [6, 6.07) is 23.0. The predicted octanol–water partition coefficient (Wildman–Crippen LogP) is 4.58. The van der Waals surface area contributed by atoms with Gasteiger partial charge < -0.3 is 25.4 Å². The van der Waals surface area contributed by atoms with E-state index in [1.54, 1.807) is 36.4 Å². The number of amides is 3. The van der Waals surface area contributed by atoms with Crippen molar-refractivity contribution >= 4 is 23.3 Å². The number of urea groups is 1. The highest BCUT2D eigenvalue weighted by Crippen LogP contribution is 2.24. The molecule has 8 nitrogen and oxygen atoms in total. The minimum absolute atomic E-state index is 0.127. The van der Waals surface area contributed by atoms with Crippen molar-refractivity contribution in [2.75, 3.05) is 50.0 Å². The molecule has 3 N–H and O–H groups in total. The Morgan fingerprint density at radius 3 is 2.31 bits per heavy atom. The Morgan fingerprint density at radius 2 is 1.54 bits per heavy atom. The van der Waals surface area contributed by atoms with Crippen molar-refractivity contribution in [3.05, 3.63) is 84.4 Å². The van der Waals surface area contributed by atoms with Gasteiger partial charge in [-0.15, -0.1) is 0 Å². The number of para-hydroxylation sites is 1. The third-order valence-electron chi connectivity index (χ3n) is 5.52. The maximum atomic E-state index is 12.4. The zero-order valence-electron chi connectivity index (χ0n) is 19.5. The second-order valence-electron chi connectivity index (χ2n) is 8.16. The summed E-state index contributed by atoms with van der Waals surface area (Å²) in [4.78, 5) is 27.1. The second-order valence-corrected chi connectivity index (χ2v) is 8.16. The van der Waals surface area contributed by atoms with Gasteiger partial charge in [0.2, 0.25) is 0 Å². The van der Waals surface area contributed by atoms with Crippen LogP contribution in [0.4, 0.5) is 16.2 Å². The van der Waals surface area contributed by atoms with Crippen LogP contribution in [0.3, 0.4) is 0 Å². The number of ether oxygens (including phenoxy) is 2. The van der Waals surface area contributed by atoms with E-state index in [0.717, 1.165) is 45.0 Å². The van der Waals surface area contributed by atoms with Gasteiger partial charge in [0, 0.05) is 42.6 Å². The summed E-state index contributed by atoms with van der Waals surface area (Å²) in [5, 5.41) is 8.52. The van der Waals surface area contributed by atoms with Gasteiger partial charge in [0.15, 0.2) is 0 Å². The average molecular weight is 475 g/mol. The van der Waals surface area contributed by atoms with E-state index in [0.29, 0.717) is 29.2 Å². The van der Waals surface area contributed by atoms with Gasteiger partial charge in [-0.3, -0.25) is 9.69 Å². The molecule has 1 heterocycles. The Kier molecular flexibility index (Phi) is 8.69. The van der Waals surface area contributed by atoms with E-state index in [2.05, 4.69) is 20.9 Å². The summed E-state index contributed by atoms with van der Waals surface area (Å²) in [6.45, 7) is 5.01. The van der Waals surface area contributed by atoms with Gasteiger partial charge in [-0.2, -0.15) is 0 Å². The normalized spacial score (nSPS) is 13.6. The Balaban J connectivity index is 1.21. The largest absolute Gasteiger partial charge is 0.457 e. The van der Waals surface area contributed by atoms with Crippen molar-refractivity contribution in [2.45, 2.75) is 6.42 Å². The molecule has 3 amide bonds. The summed E-state index contributed by atoms with van der Waals surface area (Å²) >= 11 is 0. The number of benzene rings is 3. The summed E-state index contributed by atoms with van der Waals surface area (Å²) in [7, 11) is 0. The van der Waals surface area contributed by atoms with E-state index in [-0.39, 0.29) is 11.9 Å². The number of rotatable bonds is 9. The number of anilines is 2. The Labute approximate surface area is 205 Å². The fourth-order valence-corrected chi connectivity index (χ4v) is 3.69. The minimum Gasteiger partial charge on any atom is -0.457 e. The number of nitrogens with zero attached hydrogens (tertiary/aromatic N) is 1. The van der Waals surface area contributed by atoms with E-state index in [9.17, 15) is 9.59 Å². The lowest BCUT2D eigenvalue weighted by Crippen LogP contribution is -2.38. The molecule has 182 valence electrons. The highest BCUT2D eigenvalue weighted by Gasteiger charge is 2.11. The van der Waals surface area contributed by atoms with Gasteiger partial charge in [0.25, 0.3) is 5.91 Å². The zero-order chi connectivity index (χ0) is 24.3. The summed E-state index contributed by atoms with van der Waals surface area (Å²) in [5.74, 6) is 1.21. The fraction of sp³-hybridized carbons (Fsp3) is 0.259. The smallest absolute Gasteiger partial charge is 0.323 e. The highest BCUT2D eigenvalue weighted by atomic mass is 16.5. The number of carbonyl (C=O) groups is 2. The molecule has 1 fully saturated rings. The Morgan fingerprint density at radius 1 is 0.829 bits per heavy atom. The first-order chi connectivity index (χ1) is 17.2. The quantitative estimate of drug-likeness (QED) is 0.395.